The molecular weight excluding hydrogens is 192 g/mol. The molecule has 0 aromatic rings. The number of carbonyl (C=O) groups excluding carboxylic acids is 1. The molecule has 1 saturated heterocycles. The summed E-state index contributed by atoms with van der Waals surface area (Å²) in [6.45, 7) is 6.09. The van der Waals surface area contributed by atoms with Crippen LogP contribution >= 0.6 is 0 Å². The monoisotopic (exact) mass is 214 g/mol. The number of nitrogens with zero attached hydrogens (tertiary/aromatic N) is 1. The van der Waals surface area contributed by atoms with Crippen molar-refractivity contribution >= 4 is 5.91 Å². The van der Waals surface area contributed by atoms with Crippen LogP contribution in [0.2, 0.25) is 0 Å². The van der Waals surface area contributed by atoms with Crippen LogP contribution in [-0.4, -0.2) is 48.7 Å². The van der Waals surface area contributed by atoms with Gasteiger partial charge in [0.25, 0.3) is 0 Å². The minimum absolute atomic E-state index is 0.184. The van der Waals surface area contributed by atoms with Gasteiger partial charge in [-0.05, 0) is 18.9 Å². The molecule has 1 fully saturated rings. The molecule has 0 aromatic carbocycles. The number of carbonyl (C=O) groups is 1. The molecule has 4 heteroatoms. The first-order chi connectivity index (χ1) is 7.04. The van der Waals surface area contributed by atoms with E-state index in [2.05, 4.69) is 19.2 Å². The molecule has 0 spiro atoms. The molecule has 1 amide bonds. The average Bonchev–Trinajstić information content (AvgIpc) is 2.48. The highest BCUT2D eigenvalue weighted by Crippen LogP contribution is 2.24. The summed E-state index contributed by atoms with van der Waals surface area (Å²) in [4.78, 5) is 13.4. The predicted molar refractivity (Wildman–Crippen MR) is 59.5 cm³/mol. The van der Waals surface area contributed by atoms with Crippen molar-refractivity contribution in [2.75, 3.05) is 26.7 Å². The van der Waals surface area contributed by atoms with E-state index >= 15 is 0 Å². The Bertz CT molecular complexity index is 219. The lowest BCUT2D eigenvalue weighted by molar-refractivity contribution is -0.128. The van der Waals surface area contributed by atoms with Crippen molar-refractivity contribution in [2.24, 2.45) is 11.8 Å². The van der Waals surface area contributed by atoms with Crippen molar-refractivity contribution in [3.8, 4) is 0 Å². The van der Waals surface area contributed by atoms with Crippen LogP contribution in [-0.2, 0) is 4.79 Å². The van der Waals surface area contributed by atoms with E-state index in [9.17, 15) is 9.90 Å². The number of hydrogen-bond donors (Lipinski definition) is 2. The van der Waals surface area contributed by atoms with Crippen LogP contribution in [0.15, 0.2) is 0 Å². The van der Waals surface area contributed by atoms with Gasteiger partial charge in [0.15, 0.2) is 0 Å². The largest absolute Gasteiger partial charge is 0.390 e. The number of hydrogen-bond acceptors (Lipinski definition) is 3. The quantitative estimate of drug-likeness (QED) is 0.681. The molecule has 0 saturated carbocycles. The lowest BCUT2D eigenvalue weighted by Gasteiger charge is -2.21. The zero-order valence-corrected chi connectivity index (χ0v) is 9.86. The number of likely N-dealkylation sites (tertiary alicyclic amines) is 1. The number of aliphatic hydroxyl groups excluding tert-OH is 1. The third kappa shape index (κ3) is 3.47. The normalized spacial score (nSPS) is 23.9. The Balaban J connectivity index is 2.40. The molecule has 2 N–H and O–H groups in total. The van der Waals surface area contributed by atoms with E-state index in [0.29, 0.717) is 31.3 Å². The molecule has 1 heterocycles. The van der Waals surface area contributed by atoms with Gasteiger partial charge in [0.05, 0.1) is 6.10 Å². The van der Waals surface area contributed by atoms with E-state index in [1.807, 2.05) is 0 Å². The standard InChI is InChI=1S/C11H22N2O2/c1-8(2)9-4-11(15)13(6-9)7-10(14)5-12-3/h8-10,12,14H,4-7H2,1-3H3. The zero-order chi connectivity index (χ0) is 11.4. The molecule has 2 unspecified atom stereocenters. The molecule has 88 valence electrons. The zero-order valence-electron chi connectivity index (χ0n) is 9.86. The molecule has 4 nitrogen and oxygen atoms in total. The summed E-state index contributed by atoms with van der Waals surface area (Å²) in [5.41, 5.74) is 0. The van der Waals surface area contributed by atoms with E-state index in [4.69, 9.17) is 0 Å². The smallest absolute Gasteiger partial charge is 0.223 e. The molecule has 0 aliphatic carbocycles. The van der Waals surface area contributed by atoms with Gasteiger partial charge in [0.1, 0.15) is 0 Å². The lowest BCUT2D eigenvalue weighted by atomic mass is 9.95. The number of β-amino-alcohol motifs (C(OH)–C–C–N with tert-alkyl or cyclic N) is 1. The maximum atomic E-state index is 11.6. The fourth-order valence-electron chi connectivity index (χ4n) is 1.98. The van der Waals surface area contributed by atoms with Crippen LogP contribution in [0.4, 0.5) is 0 Å². The lowest BCUT2D eigenvalue weighted by Crippen LogP contribution is -2.38. The first kappa shape index (κ1) is 12.5. The van der Waals surface area contributed by atoms with Gasteiger partial charge in [0.2, 0.25) is 5.91 Å². The summed E-state index contributed by atoms with van der Waals surface area (Å²) in [6.07, 6.45) is 0.189. The summed E-state index contributed by atoms with van der Waals surface area (Å²) in [5.74, 6) is 1.18. The summed E-state index contributed by atoms with van der Waals surface area (Å²) in [5, 5.41) is 12.5. The van der Waals surface area contributed by atoms with Crippen LogP contribution in [0.1, 0.15) is 20.3 Å². The Kier molecular flexibility index (Phi) is 4.54. The molecule has 1 rings (SSSR count). The van der Waals surface area contributed by atoms with Crippen molar-refractivity contribution in [2.45, 2.75) is 26.4 Å². The third-order valence-electron chi connectivity index (χ3n) is 3.06. The van der Waals surface area contributed by atoms with Gasteiger partial charge in [-0.3, -0.25) is 4.79 Å². The molecule has 0 bridgehead atoms. The first-order valence-corrected chi connectivity index (χ1v) is 5.65. The van der Waals surface area contributed by atoms with Gasteiger partial charge in [-0.15, -0.1) is 0 Å². The van der Waals surface area contributed by atoms with Gasteiger partial charge in [-0.1, -0.05) is 13.8 Å². The van der Waals surface area contributed by atoms with Crippen LogP contribution in [0.5, 0.6) is 0 Å². The van der Waals surface area contributed by atoms with Crippen LogP contribution in [0.3, 0.4) is 0 Å². The summed E-state index contributed by atoms with van der Waals surface area (Å²) in [6, 6.07) is 0. The van der Waals surface area contributed by atoms with E-state index < -0.39 is 6.10 Å². The average molecular weight is 214 g/mol. The van der Waals surface area contributed by atoms with Gasteiger partial charge in [-0.25, -0.2) is 0 Å². The second-order valence-electron chi connectivity index (χ2n) is 4.72. The third-order valence-corrected chi connectivity index (χ3v) is 3.06. The fourth-order valence-corrected chi connectivity index (χ4v) is 1.98. The minimum Gasteiger partial charge on any atom is -0.390 e. The highest BCUT2D eigenvalue weighted by atomic mass is 16.3. The minimum atomic E-state index is -0.454. The highest BCUT2D eigenvalue weighted by Gasteiger charge is 2.31. The second kappa shape index (κ2) is 5.47. The van der Waals surface area contributed by atoms with Gasteiger partial charge in [0, 0.05) is 26.1 Å². The summed E-state index contributed by atoms with van der Waals surface area (Å²) >= 11 is 0. The summed E-state index contributed by atoms with van der Waals surface area (Å²) < 4.78 is 0. The molecule has 2 atom stereocenters. The number of aliphatic hydroxyl groups is 1. The predicted octanol–water partition coefficient (Wildman–Crippen LogP) is 0.0712. The molecule has 1 aliphatic heterocycles. The van der Waals surface area contributed by atoms with Gasteiger partial charge < -0.3 is 15.3 Å². The Morgan fingerprint density at radius 1 is 1.60 bits per heavy atom. The van der Waals surface area contributed by atoms with E-state index in [1.54, 1.807) is 11.9 Å². The van der Waals surface area contributed by atoms with E-state index in [1.165, 1.54) is 0 Å². The van der Waals surface area contributed by atoms with Crippen molar-refractivity contribution in [1.82, 2.24) is 10.2 Å². The molecule has 1 aliphatic rings. The van der Waals surface area contributed by atoms with Crippen molar-refractivity contribution in [3.05, 3.63) is 0 Å². The van der Waals surface area contributed by atoms with Crippen molar-refractivity contribution in [1.29, 1.82) is 0 Å². The number of likely N-dealkylation sites (N-methyl/N-ethyl adjacent to an activating group) is 1. The van der Waals surface area contributed by atoms with Gasteiger partial charge in [-0.2, -0.15) is 0 Å². The van der Waals surface area contributed by atoms with E-state index in [-0.39, 0.29) is 5.91 Å². The SMILES string of the molecule is CNCC(O)CN1CC(C(C)C)CC1=O. The van der Waals surface area contributed by atoms with Gasteiger partial charge >= 0.3 is 0 Å². The second-order valence-corrected chi connectivity index (χ2v) is 4.72. The summed E-state index contributed by atoms with van der Waals surface area (Å²) in [7, 11) is 1.80. The van der Waals surface area contributed by atoms with E-state index in [0.717, 1.165) is 6.54 Å². The molecular formula is C11H22N2O2. The number of rotatable bonds is 5. The maximum Gasteiger partial charge on any atom is 0.223 e. The van der Waals surface area contributed by atoms with Crippen LogP contribution in [0, 0.1) is 11.8 Å². The van der Waals surface area contributed by atoms with Crippen molar-refractivity contribution in [3.63, 3.8) is 0 Å². The fraction of sp³-hybridized carbons (Fsp3) is 0.909. The van der Waals surface area contributed by atoms with Crippen LogP contribution < -0.4 is 5.32 Å². The Labute approximate surface area is 91.6 Å². The first-order valence-electron chi connectivity index (χ1n) is 5.65. The molecule has 0 radical (unpaired) electrons. The Morgan fingerprint density at radius 2 is 2.27 bits per heavy atom. The highest BCUT2D eigenvalue weighted by molar-refractivity contribution is 5.78. The maximum absolute atomic E-state index is 11.6. The Morgan fingerprint density at radius 3 is 2.73 bits per heavy atom. The molecule has 15 heavy (non-hydrogen) atoms. The number of nitrogens with one attached hydrogen (secondary N) is 1. The van der Waals surface area contributed by atoms with Crippen LogP contribution in [0.25, 0.3) is 0 Å². The Hall–Kier alpha value is -0.610. The topological polar surface area (TPSA) is 52.6 Å². The number of amides is 1. The molecule has 0 aromatic heterocycles. The van der Waals surface area contributed by atoms with Crippen molar-refractivity contribution < 1.29 is 9.90 Å².